The van der Waals surface area contributed by atoms with Crippen LogP contribution in [0.15, 0.2) is 24.3 Å². The predicted octanol–water partition coefficient (Wildman–Crippen LogP) is 3.22. The SMILES string of the molecule is CC(C)CCC1Oc2ccccc2O1. The second-order valence-electron chi connectivity index (χ2n) is 4.08. The van der Waals surface area contributed by atoms with Gasteiger partial charge in [0.05, 0.1) is 0 Å². The third kappa shape index (κ3) is 2.00. The maximum atomic E-state index is 5.64. The van der Waals surface area contributed by atoms with E-state index in [9.17, 15) is 0 Å². The van der Waals surface area contributed by atoms with Crippen molar-refractivity contribution in [1.29, 1.82) is 0 Å². The van der Waals surface area contributed by atoms with E-state index in [0.717, 1.165) is 24.3 Å². The van der Waals surface area contributed by atoms with Crippen LogP contribution >= 0.6 is 0 Å². The van der Waals surface area contributed by atoms with Gasteiger partial charge in [-0.25, -0.2) is 0 Å². The second-order valence-corrected chi connectivity index (χ2v) is 4.08. The van der Waals surface area contributed by atoms with Gasteiger partial charge in [-0.15, -0.1) is 0 Å². The minimum atomic E-state index is -0.0743. The summed E-state index contributed by atoms with van der Waals surface area (Å²) in [6.07, 6.45) is 2.03. The maximum Gasteiger partial charge on any atom is 0.241 e. The molecule has 0 saturated heterocycles. The monoisotopic (exact) mass is 192 g/mol. The number of hydrogen-bond donors (Lipinski definition) is 0. The number of benzene rings is 1. The van der Waals surface area contributed by atoms with E-state index in [4.69, 9.17) is 9.47 Å². The van der Waals surface area contributed by atoms with Crippen molar-refractivity contribution in [2.75, 3.05) is 0 Å². The molecule has 0 N–H and O–H groups in total. The smallest absolute Gasteiger partial charge is 0.241 e. The summed E-state index contributed by atoms with van der Waals surface area (Å²) in [5.74, 6) is 2.45. The molecule has 0 atom stereocenters. The fraction of sp³-hybridized carbons (Fsp3) is 0.500. The molecule has 0 fully saturated rings. The summed E-state index contributed by atoms with van der Waals surface area (Å²) in [6.45, 7) is 4.42. The molecule has 0 aromatic heterocycles. The summed E-state index contributed by atoms with van der Waals surface area (Å²) < 4.78 is 11.3. The number of ether oxygens (including phenoxy) is 2. The molecule has 1 aliphatic heterocycles. The van der Waals surface area contributed by atoms with Crippen molar-refractivity contribution in [2.45, 2.75) is 33.0 Å². The average Bonchev–Trinajstić information content (AvgIpc) is 2.57. The van der Waals surface area contributed by atoms with Crippen LogP contribution in [-0.4, -0.2) is 6.29 Å². The Morgan fingerprint density at radius 1 is 1.14 bits per heavy atom. The zero-order valence-corrected chi connectivity index (χ0v) is 8.69. The second kappa shape index (κ2) is 3.91. The lowest BCUT2D eigenvalue weighted by Gasteiger charge is -2.11. The Balaban J connectivity index is 1.92. The Hall–Kier alpha value is -1.18. The van der Waals surface area contributed by atoms with E-state index in [1.807, 2.05) is 24.3 Å². The molecule has 2 rings (SSSR count). The normalized spacial score (nSPS) is 15.1. The van der Waals surface area contributed by atoms with Gasteiger partial charge >= 0.3 is 0 Å². The molecule has 0 bridgehead atoms. The van der Waals surface area contributed by atoms with Crippen LogP contribution in [0, 0.1) is 5.92 Å². The van der Waals surface area contributed by atoms with Crippen LogP contribution in [0.4, 0.5) is 0 Å². The molecule has 1 aromatic rings. The van der Waals surface area contributed by atoms with Gasteiger partial charge in [-0.05, 0) is 24.5 Å². The Labute approximate surface area is 84.8 Å². The van der Waals surface area contributed by atoms with Crippen LogP contribution in [0.25, 0.3) is 0 Å². The van der Waals surface area contributed by atoms with Gasteiger partial charge in [0.2, 0.25) is 6.29 Å². The summed E-state index contributed by atoms with van der Waals surface area (Å²) in [4.78, 5) is 0. The van der Waals surface area contributed by atoms with E-state index in [0.29, 0.717) is 5.92 Å². The number of para-hydroxylation sites is 2. The van der Waals surface area contributed by atoms with Crippen LogP contribution in [0.2, 0.25) is 0 Å². The third-order valence-corrected chi connectivity index (χ3v) is 2.35. The molecule has 1 aromatic carbocycles. The van der Waals surface area contributed by atoms with E-state index < -0.39 is 0 Å². The summed E-state index contributed by atoms with van der Waals surface area (Å²) in [6, 6.07) is 7.83. The first-order chi connectivity index (χ1) is 6.75. The molecule has 0 saturated carbocycles. The van der Waals surface area contributed by atoms with E-state index >= 15 is 0 Å². The van der Waals surface area contributed by atoms with Gasteiger partial charge < -0.3 is 9.47 Å². The van der Waals surface area contributed by atoms with Crippen molar-refractivity contribution < 1.29 is 9.47 Å². The highest BCUT2D eigenvalue weighted by Crippen LogP contribution is 2.35. The first kappa shape index (κ1) is 9.38. The van der Waals surface area contributed by atoms with E-state index in [1.165, 1.54) is 0 Å². The predicted molar refractivity (Wildman–Crippen MR) is 55.6 cm³/mol. The fourth-order valence-corrected chi connectivity index (χ4v) is 1.54. The lowest BCUT2D eigenvalue weighted by atomic mass is 10.1. The van der Waals surface area contributed by atoms with Gasteiger partial charge in [0.15, 0.2) is 11.5 Å². The van der Waals surface area contributed by atoms with E-state index in [1.54, 1.807) is 0 Å². The van der Waals surface area contributed by atoms with Crippen molar-refractivity contribution in [2.24, 2.45) is 5.92 Å². The molecule has 0 unspecified atom stereocenters. The van der Waals surface area contributed by atoms with E-state index in [-0.39, 0.29) is 6.29 Å². The van der Waals surface area contributed by atoms with Gasteiger partial charge in [0.25, 0.3) is 0 Å². The lowest BCUT2D eigenvalue weighted by molar-refractivity contribution is 0.0372. The summed E-state index contributed by atoms with van der Waals surface area (Å²) in [5, 5.41) is 0. The minimum absolute atomic E-state index is 0.0743. The zero-order valence-electron chi connectivity index (χ0n) is 8.69. The molecule has 1 aliphatic rings. The summed E-state index contributed by atoms with van der Waals surface area (Å²) in [7, 11) is 0. The Morgan fingerprint density at radius 3 is 2.21 bits per heavy atom. The van der Waals surface area contributed by atoms with Crippen molar-refractivity contribution in [3.8, 4) is 11.5 Å². The van der Waals surface area contributed by atoms with Crippen LogP contribution < -0.4 is 9.47 Å². The highest BCUT2D eigenvalue weighted by atomic mass is 16.7. The van der Waals surface area contributed by atoms with Crippen LogP contribution in [-0.2, 0) is 0 Å². The third-order valence-electron chi connectivity index (χ3n) is 2.35. The van der Waals surface area contributed by atoms with Crippen molar-refractivity contribution >= 4 is 0 Å². The molecule has 0 aliphatic carbocycles. The average molecular weight is 192 g/mol. The summed E-state index contributed by atoms with van der Waals surface area (Å²) in [5.41, 5.74) is 0. The van der Waals surface area contributed by atoms with Crippen LogP contribution in [0.3, 0.4) is 0 Å². The Kier molecular flexibility index (Phi) is 2.62. The highest BCUT2D eigenvalue weighted by molar-refractivity contribution is 5.41. The first-order valence-electron chi connectivity index (χ1n) is 5.18. The maximum absolute atomic E-state index is 5.64. The van der Waals surface area contributed by atoms with E-state index in [2.05, 4.69) is 13.8 Å². The molecule has 2 nitrogen and oxygen atoms in total. The number of rotatable bonds is 3. The van der Waals surface area contributed by atoms with Crippen LogP contribution in [0.5, 0.6) is 11.5 Å². The summed E-state index contributed by atoms with van der Waals surface area (Å²) >= 11 is 0. The molecule has 0 spiro atoms. The molecule has 76 valence electrons. The minimum Gasteiger partial charge on any atom is -0.451 e. The van der Waals surface area contributed by atoms with Crippen molar-refractivity contribution in [1.82, 2.24) is 0 Å². The van der Waals surface area contributed by atoms with Crippen molar-refractivity contribution in [3.05, 3.63) is 24.3 Å². The lowest BCUT2D eigenvalue weighted by Crippen LogP contribution is -2.18. The molecule has 1 heterocycles. The van der Waals surface area contributed by atoms with Gasteiger partial charge in [-0.3, -0.25) is 0 Å². The molecule has 14 heavy (non-hydrogen) atoms. The fourth-order valence-electron chi connectivity index (χ4n) is 1.54. The number of hydrogen-bond acceptors (Lipinski definition) is 2. The van der Waals surface area contributed by atoms with Gasteiger partial charge in [0.1, 0.15) is 0 Å². The quantitative estimate of drug-likeness (QED) is 0.732. The van der Waals surface area contributed by atoms with Crippen molar-refractivity contribution in [3.63, 3.8) is 0 Å². The number of fused-ring (bicyclic) bond motifs is 1. The Bertz CT molecular complexity index is 282. The van der Waals surface area contributed by atoms with Gasteiger partial charge in [-0.1, -0.05) is 26.0 Å². The molecule has 0 radical (unpaired) electrons. The molecule has 2 heteroatoms. The molecule has 0 amide bonds. The topological polar surface area (TPSA) is 18.5 Å². The standard InChI is InChI=1S/C12H16O2/c1-9(2)7-8-12-13-10-5-3-4-6-11(10)14-12/h3-6,9,12H,7-8H2,1-2H3. The zero-order chi connectivity index (χ0) is 9.97. The molecular formula is C12H16O2. The van der Waals surface area contributed by atoms with Gasteiger partial charge in [0, 0.05) is 6.42 Å². The Morgan fingerprint density at radius 2 is 1.71 bits per heavy atom. The largest absolute Gasteiger partial charge is 0.451 e. The highest BCUT2D eigenvalue weighted by Gasteiger charge is 2.22. The molecular weight excluding hydrogens is 176 g/mol. The van der Waals surface area contributed by atoms with Crippen LogP contribution in [0.1, 0.15) is 26.7 Å². The first-order valence-corrected chi connectivity index (χ1v) is 5.18. The van der Waals surface area contributed by atoms with Gasteiger partial charge in [-0.2, -0.15) is 0 Å².